The van der Waals surface area contributed by atoms with Crippen molar-refractivity contribution in [1.82, 2.24) is 0 Å². The van der Waals surface area contributed by atoms with E-state index >= 15 is 0 Å². The van der Waals surface area contributed by atoms with Crippen LogP contribution in [0.1, 0.15) is 20.8 Å². The summed E-state index contributed by atoms with van der Waals surface area (Å²) in [5.41, 5.74) is 0. The SMILES string of the molecule is C=CC(=O)[O-].C=CC(=O)[O-].C=CC(=O)[O-].CC(=O)[O-].CC(=O)[O-].CC(=O)[O-]. The number of carbonyl (C=O) groups excluding carboxylic acids is 6. The zero-order valence-corrected chi connectivity index (χ0v) is 14.8. The highest BCUT2D eigenvalue weighted by Gasteiger charge is 1.56. The van der Waals surface area contributed by atoms with Crippen molar-refractivity contribution in [3.05, 3.63) is 38.0 Å². The van der Waals surface area contributed by atoms with Gasteiger partial charge in [0.1, 0.15) is 0 Å². The third-order valence-corrected chi connectivity index (χ3v) is 0.500. The van der Waals surface area contributed by atoms with Crippen molar-refractivity contribution in [1.29, 1.82) is 0 Å². The molecule has 0 aromatic heterocycles. The number of carboxylic acids is 6. The zero-order valence-electron chi connectivity index (χ0n) is 14.8. The summed E-state index contributed by atoms with van der Waals surface area (Å²) < 4.78 is 0. The summed E-state index contributed by atoms with van der Waals surface area (Å²) in [6.45, 7) is 11.6. The maximum absolute atomic E-state index is 9.14. The van der Waals surface area contributed by atoms with Gasteiger partial charge in [0.2, 0.25) is 0 Å². The van der Waals surface area contributed by atoms with E-state index in [1.807, 2.05) is 0 Å². The molecule has 0 radical (unpaired) electrons. The quantitative estimate of drug-likeness (QED) is 0.408. The molecule has 0 heterocycles. The van der Waals surface area contributed by atoms with Crippen LogP contribution in [-0.4, -0.2) is 35.8 Å². The molecule has 0 aromatic carbocycles. The normalized spacial score (nSPS) is 6.33. The number of hydrogen-bond acceptors (Lipinski definition) is 12. The first-order valence-electron chi connectivity index (χ1n) is 6.04. The predicted molar refractivity (Wildman–Crippen MR) is 77.7 cm³/mol. The van der Waals surface area contributed by atoms with Gasteiger partial charge in [0, 0.05) is 17.9 Å². The standard InChI is InChI=1S/3C3H4O2.3C2H4O2/c3*1-2-3(4)5;3*1-2(3)4/h3*2H,1H2,(H,4,5);3*1H3,(H,3,4)/p-6. The minimum absolute atomic E-state index is 0.722. The predicted octanol–water partition coefficient (Wildman–Crippen LogP) is -6.96. The van der Waals surface area contributed by atoms with Gasteiger partial charge in [-0.2, -0.15) is 0 Å². The van der Waals surface area contributed by atoms with Crippen LogP contribution in [0.5, 0.6) is 0 Å². The Morgan fingerprint density at radius 2 is 0.519 bits per heavy atom. The molecule has 12 nitrogen and oxygen atoms in total. The maximum Gasteiger partial charge on any atom is 0.0636 e. The highest BCUT2D eigenvalue weighted by atomic mass is 16.4. The van der Waals surface area contributed by atoms with Crippen molar-refractivity contribution in [3.8, 4) is 0 Å². The number of aliphatic carboxylic acids is 6. The largest absolute Gasteiger partial charge is 0.550 e. The van der Waals surface area contributed by atoms with Gasteiger partial charge >= 0.3 is 0 Å². The minimum atomic E-state index is -1.23. The minimum Gasteiger partial charge on any atom is -0.550 e. The Bertz CT molecular complexity index is 408. The van der Waals surface area contributed by atoms with Gasteiger partial charge < -0.3 is 59.4 Å². The van der Waals surface area contributed by atoms with E-state index in [9.17, 15) is 0 Å². The van der Waals surface area contributed by atoms with E-state index in [-0.39, 0.29) is 0 Å². The van der Waals surface area contributed by atoms with Crippen LogP contribution in [0.2, 0.25) is 0 Å². The second-order valence-electron chi connectivity index (χ2n) is 3.04. The first-order valence-corrected chi connectivity index (χ1v) is 6.04. The van der Waals surface area contributed by atoms with Crippen molar-refractivity contribution in [2.75, 3.05) is 0 Å². The molecule has 12 heteroatoms. The Morgan fingerprint density at radius 3 is 0.519 bits per heavy atom. The molecule has 0 aliphatic rings. The summed E-state index contributed by atoms with van der Waals surface area (Å²) in [6.07, 6.45) is 2.17. The zero-order chi connectivity index (χ0) is 23.6. The maximum atomic E-state index is 9.14. The van der Waals surface area contributed by atoms with Gasteiger partial charge in [-0.15, -0.1) is 0 Å². The molecular formula is C15H18O12-6. The molecule has 0 unspecified atom stereocenters. The third kappa shape index (κ3) is 2130. The molecule has 0 bridgehead atoms. The number of hydrogen-bond donors (Lipinski definition) is 0. The van der Waals surface area contributed by atoms with Crippen molar-refractivity contribution >= 4 is 35.8 Å². The van der Waals surface area contributed by atoms with Crippen LogP contribution < -0.4 is 30.6 Å². The molecule has 0 aromatic rings. The van der Waals surface area contributed by atoms with Crippen LogP contribution in [0, 0.1) is 0 Å². The van der Waals surface area contributed by atoms with Crippen molar-refractivity contribution < 1.29 is 59.4 Å². The number of rotatable bonds is 3. The Labute approximate surface area is 155 Å². The van der Waals surface area contributed by atoms with Gasteiger partial charge in [0.15, 0.2) is 0 Å². The Hall–Kier alpha value is -3.96. The number of carbonyl (C=O) groups is 6. The van der Waals surface area contributed by atoms with Crippen LogP contribution >= 0.6 is 0 Å². The molecule has 0 fully saturated rings. The van der Waals surface area contributed by atoms with E-state index in [4.69, 9.17) is 59.4 Å². The lowest BCUT2D eigenvalue weighted by Crippen LogP contribution is -2.17. The first-order chi connectivity index (χ1) is 12.0. The molecule has 0 spiro atoms. The lowest BCUT2D eigenvalue weighted by molar-refractivity contribution is -0.303. The Morgan fingerprint density at radius 1 is 0.481 bits per heavy atom. The number of carboxylic acid groups (broad SMARTS) is 6. The molecule has 0 saturated carbocycles. The summed E-state index contributed by atoms with van der Waals surface area (Å²) in [5.74, 6) is -6.94. The second-order valence-corrected chi connectivity index (χ2v) is 3.04. The third-order valence-electron chi connectivity index (χ3n) is 0.500. The molecular weight excluding hydrogens is 372 g/mol. The molecule has 0 amide bonds. The fraction of sp³-hybridized carbons (Fsp3) is 0.200. The van der Waals surface area contributed by atoms with Crippen LogP contribution in [0.3, 0.4) is 0 Å². The lowest BCUT2D eigenvalue weighted by atomic mass is 10.7. The van der Waals surface area contributed by atoms with E-state index in [2.05, 4.69) is 19.7 Å². The van der Waals surface area contributed by atoms with Gasteiger partial charge in [-0.3, -0.25) is 0 Å². The van der Waals surface area contributed by atoms with Gasteiger partial charge in [0.05, 0.1) is 17.9 Å². The summed E-state index contributed by atoms with van der Waals surface area (Å²) in [7, 11) is 0. The molecule has 0 rings (SSSR count). The average molecular weight is 390 g/mol. The molecule has 0 atom stereocenters. The average Bonchev–Trinajstić information content (AvgIpc) is 2.46. The van der Waals surface area contributed by atoms with Crippen molar-refractivity contribution in [3.63, 3.8) is 0 Å². The summed E-state index contributed by atoms with van der Waals surface area (Å²) in [6, 6.07) is 0. The van der Waals surface area contributed by atoms with Gasteiger partial charge in [-0.05, 0) is 39.0 Å². The molecule has 0 aliphatic carbocycles. The van der Waals surface area contributed by atoms with Crippen LogP contribution in [0.4, 0.5) is 0 Å². The van der Waals surface area contributed by atoms with Crippen molar-refractivity contribution in [2.24, 2.45) is 0 Å². The Kier molecular flexibility index (Phi) is 48.0. The van der Waals surface area contributed by atoms with E-state index in [1.54, 1.807) is 0 Å². The van der Waals surface area contributed by atoms with E-state index < -0.39 is 35.8 Å². The smallest absolute Gasteiger partial charge is 0.0636 e. The van der Waals surface area contributed by atoms with E-state index in [0.29, 0.717) is 0 Å². The highest BCUT2D eigenvalue weighted by molar-refractivity contribution is 5.77. The molecule has 0 N–H and O–H groups in total. The van der Waals surface area contributed by atoms with Crippen LogP contribution in [0.25, 0.3) is 0 Å². The van der Waals surface area contributed by atoms with Gasteiger partial charge in [-0.1, -0.05) is 19.7 Å². The summed E-state index contributed by atoms with van der Waals surface area (Å²) in [5, 5.41) is 54.1. The van der Waals surface area contributed by atoms with E-state index in [0.717, 1.165) is 39.0 Å². The second kappa shape index (κ2) is 33.6. The van der Waals surface area contributed by atoms with Crippen LogP contribution in [0.15, 0.2) is 38.0 Å². The van der Waals surface area contributed by atoms with Crippen molar-refractivity contribution in [2.45, 2.75) is 20.8 Å². The molecule has 27 heavy (non-hydrogen) atoms. The van der Waals surface area contributed by atoms with Gasteiger partial charge in [-0.25, -0.2) is 0 Å². The van der Waals surface area contributed by atoms with Gasteiger partial charge in [0.25, 0.3) is 0 Å². The molecule has 0 aliphatic heterocycles. The first kappa shape index (κ1) is 38.5. The van der Waals surface area contributed by atoms with E-state index in [1.165, 1.54) is 0 Å². The fourth-order valence-corrected chi connectivity index (χ4v) is 0. The summed E-state index contributed by atoms with van der Waals surface area (Å²) in [4.78, 5) is 54.1. The Balaban J connectivity index is -0.0000000492. The lowest BCUT2D eigenvalue weighted by Gasteiger charge is -1.81. The molecule has 156 valence electrons. The monoisotopic (exact) mass is 390 g/mol. The highest BCUT2D eigenvalue weighted by Crippen LogP contribution is 1.48. The molecule has 0 saturated heterocycles. The van der Waals surface area contributed by atoms with Crippen LogP contribution in [-0.2, 0) is 28.8 Å². The fourth-order valence-electron chi connectivity index (χ4n) is 0. The summed E-state index contributed by atoms with van der Waals surface area (Å²) >= 11 is 0. The topological polar surface area (TPSA) is 241 Å².